The van der Waals surface area contributed by atoms with Crippen LogP contribution in [0.25, 0.3) is 0 Å². The van der Waals surface area contributed by atoms with E-state index < -0.39 is 0 Å². The summed E-state index contributed by atoms with van der Waals surface area (Å²) in [5.74, 6) is 0.718. The average Bonchev–Trinajstić information content (AvgIpc) is 2.90. The molecule has 1 N–H and O–H groups in total. The number of rotatable bonds is 5. The summed E-state index contributed by atoms with van der Waals surface area (Å²) in [4.78, 5) is 2.74. The van der Waals surface area contributed by atoms with Gasteiger partial charge in [-0.2, -0.15) is 11.3 Å². The highest BCUT2D eigenvalue weighted by atomic mass is 32.1. The van der Waals surface area contributed by atoms with Gasteiger partial charge in [-0.3, -0.25) is 4.90 Å². The highest BCUT2D eigenvalue weighted by Crippen LogP contribution is 2.21. The first-order chi connectivity index (χ1) is 9.11. The third-order valence-electron chi connectivity index (χ3n) is 4.41. The second-order valence-corrected chi connectivity index (χ2v) is 6.99. The molecule has 19 heavy (non-hydrogen) atoms. The fourth-order valence-electron chi connectivity index (χ4n) is 3.13. The minimum absolute atomic E-state index is 0.637. The first-order valence-electron chi connectivity index (χ1n) is 7.62. The Kier molecular flexibility index (Phi) is 5.43. The van der Waals surface area contributed by atoms with E-state index in [2.05, 4.69) is 54.7 Å². The molecule has 0 spiro atoms. The normalized spacial score (nSPS) is 26.8. The lowest BCUT2D eigenvalue weighted by Gasteiger charge is -2.45. The van der Waals surface area contributed by atoms with Crippen molar-refractivity contribution in [1.29, 1.82) is 0 Å². The lowest BCUT2D eigenvalue weighted by molar-refractivity contribution is 0.0615. The van der Waals surface area contributed by atoms with Crippen LogP contribution in [0.5, 0.6) is 0 Å². The highest BCUT2D eigenvalue weighted by Gasteiger charge is 2.31. The molecule has 1 saturated heterocycles. The van der Waals surface area contributed by atoms with E-state index in [4.69, 9.17) is 0 Å². The van der Waals surface area contributed by atoms with Crippen molar-refractivity contribution in [3.8, 4) is 0 Å². The fraction of sp³-hybridized carbons (Fsp3) is 0.750. The molecule has 1 aromatic rings. The van der Waals surface area contributed by atoms with Gasteiger partial charge in [0.1, 0.15) is 0 Å². The number of nitrogens with zero attached hydrogens (tertiary/aromatic N) is 1. The van der Waals surface area contributed by atoms with Gasteiger partial charge in [0.2, 0.25) is 0 Å². The van der Waals surface area contributed by atoms with Crippen LogP contribution >= 0.6 is 11.3 Å². The van der Waals surface area contributed by atoms with Gasteiger partial charge in [-0.15, -0.1) is 0 Å². The Bertz CT molecular complexity index is 361. The lowest BCUT2D eigenvalue weighted by Crippen LogP contribution is -2.60. The minimum Gasteiger partial charge on any atom is -0.311 e. The zero-order valence-electron chi connectivity index (χ0n) is 12.7. The van der Waals surface area contributed by atoms with Gasteiger partial charge in [0, 0.05) is 31.2 Å². The van der Waals surface area contributed by atoms with E-state index in [9.17, 15) is 0 Å². The number of hydrogen-bond donors (Lipinski definition) is 1. The molecule has 0 amide bonds. The van der Waals surface area contributed by atoms with Gasteiger partial charge in [-0.05, 0) is 48.1 Å². The highest BCUT2D eigenvalue weighted by molar-refractivity contribution is 7.07. The molecule has 2 rings (SSSR count). The smallest absolute Gasteiger partial charge is 0.0247 e. The lowest BCUT2D eigenvalue weighted by atomic mass is 9.94. The third-order valence-corrected chi connectivity index (χ3v) is 5.14. The maximum absolute atomic E-state index is 3.70. The van der Waals surface area contributed by atoms with Gasteiger partial charge in [0.15, 0.2) is 0 Å². The van der Waals surface area contributed by atoms with E-state index in [1.54, 1.807) is 0 Å². The van der Waals surface area contributed by atoms with Gasteiger partial charge in [0.05, 0.1) is 0 Å². The summed E-state index contributed by atoms with van der Waals surface area (Å²) in [7, 11) is 0. The molecule has 1 aliphatic heterocycles. The summed E-state index contributed by atoms with van der Waals surface area (Å²) in [6, 6.07) is 4.25. The summed E-state index contributed by atoms with van der Waals surface area (Å²) in [5.41, 5.74) is 1.49. The van der Waals surface area contributed by atoms with Gasteiger partial charge >= 0.3 is 0 Å². The van der Waals surface area contributed by atoms with Crippen LogP contribution in [0.1, 0.15) is 39.7 Å². The van der Waals surface area contributed by atoms with Crippen LogP contribution in [-0.2, 0) is 6.42 Å². The second-order valence-electron chi connectivity index (χ2n) is 6.21. The quantitative estimate of drug-likeness (QED) is 0.889. The predicted octanol–water partition coefficient (Wildman–Crippen LogP) is 3.39. The van der Waals surface area contributed by atoms with Crippen LogP contribution in [0.15, 0.2) is 16.8 Å². The SMILES string of the molecule is CCC1CN(C(C)Cc2ccsc2)C(C(C)C)CN1. The Morgan fingerprint density at radius 2 is 2.21 bits per heavy atom. The predicted molar refractivity (Wildman–Crippen MR) is 84.9 cm³/mol. The van der Waals surface area contributed by atoms with Crippen LogP contribution in [0.2, 0.25) is 0 Å². The molecule has 2 nitrogen and oxygen atoms in total. The molecule has 3 atom stereocenters. The maximum Gasteiger partial charge on any atom is 0.0247 e. The van der Waals surface area contributed by atoms with Gasteiger partial charge < -0.3 is 5.32 Å². The molecular weight excluding hydrogens is 252 g/mol. The Balaban J connectivity index is 2.03. The molecule has 3 unspecified atom stereocenters. The van der Waals surface area contributed by atoms with E-state index in [1.807, 2.05) is 11.3 Å². The van der Waals surface area contributed by atoms with E-state index in [1.165, 1.54) is 24.9 Å². The second kappa shape index (κ2) is 6.87. The molecule has 0 saturated carbocycles. The van der Waals surface area contributed by atoms with Crippen LogP contribution in [-0.4, -0.2) is 36.1 Å². The Morgan fingerprint density at radius 1 is 1.42 bits per heavy atom. The zero-order valence-corrected chi connectivity index (χ0v) is 13.5. The molecule has 0 aliphatic carbocycles. The van der Waals surface area contributed by atoms with Crippen LogP contribution in [0.4, 0.5) is 0 Å². The molecule has 0 bridgehead atoms. The standard InChI is InChI=1S/C16H28N2S/c1-5-15-10-18(16(9-17-15)12(2)3)13(4)8-14-6-7-19-11-14/h6-7,11-13,15-17H,5,8-10H2,1-4H3. The average molecular weight is 280 g/mol. The van der Waals surface area contributed by atoms with Crippen LogP contribution < -0.4 is 5.32 Å². The van der Waals surface area contributed by atoms with Crippen molar-refractivity contribution < 1.29 is 0 Å². The van der Waals surface area contributed by atoms with Crippen molar-refractivity contribution in [3.63, 3.8) is 0 Å². The molecule has 0 aromatic carbocycles. The molecule has 1 aromatic heterocycles. The Hall–Kier alpha value is -0.380. The number of nitrogens with one attached hydrogen (secondary N) is 1. The molecular formula is C16H28N2S. The summed E-state index contributed by atoms with van der Waals surface area (Å²) in [6.07, 6.45) is 2.41. The van der Waals surface area contributed by atoms with Crippen molar-refractivity contribution in [2.75, 3.05) is 13.1 Å². The van der Waals surface area contributed by atoms with Crippen LogP contribution in [0.3, 0.4) is 0 Å². The number of thiophene rings is 1. The van der Waals surface area contributed by atoms with Crippen molar-refractivity contribution >= 4 is 11.3 Å². The largest absolute Gasteiger partial charge is 0.311 e. The monoisotopic (exact) mass is 280 g/mol. The molecule has 1 fully saturated rings. The third kappa shape index (κ3) is 3.80. The summed E-state index contributed by atoms with van der Waals surface area (Å²) in [5, 5.41) is 8.19. The van der Waals surface area contributed by atoms with Gasteiger partial charge in [-0.1, -0.05) is 20.8 Å². The molecule has 3 heteroatoms. The topological polar surface area (TPSA) is 15.3 Å². The van der Waals surface area contributed by atoms with Crippen molar-refractivity contribution in [3.05, 3.63) is 22.4 Å². The minimum atomic E-state index is 0.637. The molecule has 108 valence electrons. The Labute approximate surface area is 122 Å². The maximum atomic E-state index is 3.70. The number of piperazine rings is 1. The number of hydrogen-bond acceptors (Lipinski definition) is 3. The molecule has 0 radical (unpaired) electrons. The Morgan fingerprint density at radius 3 is 2.79 bits per heavy atom. The van der Waals surface area contributed by atoms with Gasteiger partial charge in [0.25, 0.3) is 0 Å². The first-order valence-corrected chi connectivity index (χ1v) is 8.56. The molecule has 1 aliphatic rings. The van der Waals surface area contributed by atoms with Crippen molar-refractivity contribution in [2.45, 2.75) is 58.7 Å². The summed E-state index contributed by atoms with van der Waals surface area (Å²) >= 11 is 1.81. The first kappa shape index (κ1) is 15.0. The molecule has 2 heterocycles. The van der Waals surface area contributed by atoms with Crippen molar-refractivity contribution in [1.82, 2.24) is 10.2 Å². The van der Waals surface area contributed by atoms with E-state index in [0.29, 0.717) is 18.1 Å². The van der Waals surface area contributed by atoms with Gasteiger partial charge in [-0.25, -0.2) is 0 Å². The summed E-state index contributed by atoms with van der Waals surface area (Å²) in [6.45, 7) is 11.7. The fourth-order valence-corrected chi connectivity index (χ4v) is 3.81. The van der Waals surface area contributed by atoms with E-state index in [0.717, 1.165) is 12.5 Å². The van der Waals surface area contributed by atoms with Crippen LogP contribution in [0, 0.1) is 5.92 Å². The van der Waals surface area contributed by atoms with E-state index >= 15 is 0 Å². The summed E-state index contributed by atoms with van der Waals surface area (Å²) < 4.78 is 0. The van der Waals surface area contributed by atoms with Crippen molar-refractivity contribution in [2.24, 2.45) is 5.92 Å². The zero-order chi connectivity index (χ0) is 13.8. The van der Waals surface area contributed by atoms with E-state index in [-0.39, 0.29) is 0 Å².